The van der Waals surface area contributed by atoms with Gasteiger partial charge < -0.3 is 9.73 Å². The Morgan fingerprint density at radius 3 is 2.08 bits per heavy atom. The lowest BCUT2D eigenvalue weighted by Crippen LogP contribution is -2.03. The number of fused-ring (bicyclic) bond motifs is 2. The molecule has 0 radical (unpaired) electrons. The van der Waals surface area contributed by atoms with Gasteiger partial charge in [0.2, 0.25) is 0 Å². The standard InChI is InChI=1S/C35H30N2OS/c1-21-9-7-10-22(2)34(21)36-25-15-17-27-30(19-25)38-31-20-26(37-35-23(3)11-8-12-24(35)4)16-18-28(31)33(27)29-13-5-6-14-32(29)39/h5-20,36,39H,1-4H3. The number of benzene rings is 5. The van der Waals surface area contributed by atoms with Crippen LogP contribution in [-0.2, 0) is 0 Å². The van der Waals surface area contributed by atoms with E-state index in [9.17, 15) is 0 Å². The van der Waals surface area contributed by atoms with Gasteiger partial charge in [-0.1, -0.05) is 54.6 Å². The van der Waals surface area contributed by atoms with E-state index >= 15 is 0 Å². The molecule has 0 bridgehead atoms. The van der Waals surface area contributed by atoms with Crippen molar-refractivity contribution >= 4 is 40.7 Å². The Morgan fingerprint density at radius 2 is 1.36 bits per heavy atom. The van der Waals surface area contributed by atoms with E-state index in [1.807, 2.05) is 18.2 Å². The van der Waals surface area contributed by atoms with Gasteiger partial charge in [0, 0.05) is 44.9 Å². The molecule has 4 heteroatoms. The topological polar surface area (TPSA) is 37.5 Å². The van der Waals surface area contributed by atoms with Gasteiger partial charge >= 0.3 is 0 Å². The Morgan fingerprint density at radius 1 is 0.667 bits per heavy atom. The highest BCUT2D eigenvalue weighted by atomic mass is 32.1. The van der Waals surface area contributed by atoms with Crippen molar-refractivity contribution in [2.75, 3.05) is 5.32 Å². The summed E-state index contributed by atoms with van der Waals surface area (Å²) in [6.07, 6.45) is 0. The first kappa shape index (κ1) is 25.0. The molecular formula is C35H30N2OS. The van der Waals surface area contributed by atoms with E-state index in [1.165, 1.54) is 11.1 Å². The molecule has 4 aromatic rings. The highest BCUT2D eigenvalue weighted by molar-refractivity contribution is 7.80. The summed E-state index contributed by atoms with van der Waals surface area (Å²) >= 11 is 4.82. The summed E-state index contributed by atoms with van der Waals surface area (Å²) in [6, 6.07) is 33.4. The molecule has 1 heterocycles. The maximum atomic E-state index is 6.60. The summed E-state index contributed by atoms with van der Waals surface area (Å²) in [7, 11) is 0. The van der Waals surface area contributed by atoms with E-state index in [0.717, 1.165) is 71.9 Å². The van der Waals surface area contributed by atoms with Crippen molar-refractivity contribution in [1.29, 1.82) is 0 Å². The van der Waals surface area contributed by atoms with Crippen molar-refractivity contribution in [2.24, 2.45) is 4.99 Å². The lowest BCUT2D eigenvalue weighted by molar-refractivity contribution is 0.619. The Kier molecular flexibility index (Phi) is 6.49. The van der Waals surface area contributed by atoms with Gasteiger partial charge in [-0.3, -0.25) is 0 Å². The number of nitrogens with zero attached hydrogens (tertiary/aromatic N) is 1. The molecule has 0 unspecified atom stereocenters. The van der Waals surface area contributed by atoms with Crippen molar-refractivity contribution in [3.8, 4) is 22.5 Å². The number of hydrogen-bond acceptors (Lipinski definition) is 4. The molecule has 0 fully saturated rings. The Balaban J connectivity index is 1.59. The molecule has 0 saturated heterocycles. The molecule has 1 aliphatic carbocycles. The fraction of sp³-hybridized carbons (Fsp3) is 0.114. The lowest BCUT2D eigenvalue weighted by Gasteiger charge is -2.18. The van der Waals surface area contributed by atoms with Crippen LogP contribution in [-0.4, -0.2) is 0 Å². The van der Waals surface area contributed by atoms with Crippen molar-refractivity contribution in [2.45, 2.75) is 32.6 Å². The number of anilines is 2. The first-order valence-electron chi connectivity index (χ1n) is 13.1. The molecule has 3 nitrogen and oxygen atoms in total. The molecule has 0 saturated carbocycles. The quantitative estimate of drug-likeness (QED) is 0.177. The Bertz CT molecular complexity index is 1860. The summed E-state index contributed by atoms with van der Waals surface area (Å²) < 4.78 is 6.60. The van der Waals surface area contributed by atoms with Gasteiger partial charge in [-0.2, -0.15) is 0 Å². The highest BCUT2D eigenvalue weighted by Crippen LogP contribution is 2.42. The van der Waals surface area contributed by atoms with Gasteiger partial charge in [-0.15, -0.1) is 12.6 Å². The van der Waals surface area contributed by atoms with Crippen molar-refractivity contribution in [3.05, 3.63) is 125 Å². The fourth-order valence-corrected chi connectivity index (χ4v) is 5.54. The number of nitrogens with one attached hydrogen (secondary N) is 1. The van der Waals surface area contributed by atoms with Gasteiger partial charge in [0.15, 0.2) is 0 Å². The van der Waals surface area contributed by atoms with Crippen molar-refractivity contribution in [3.63, 3.8) is 0 Å². The molecule has 4 aromatic carbocycles. The predicted octanol–water partition coefficient (Wildman–Crippen LogP) is 9.70. The molecule has 0 aromatic heterocycles. The minimum Gasteiger partial charge on any atom is -0.456 e. The first-order valence-corrected chi connectivity index (χ1v) is 13.6. The van der Waals surface area contributed by atoms with Gasteiger partial charge in [0.1, 0.15) is 11.3 Å². The Hall–Kier alpha value is -4.28. The third kappa shape index (κ3) is 4.73. The van der Waals surface area contributed by atoms with E-state index < -0.39 is 0 Å². The number of aryl methyl sites for hydroxylation is 4. The minimum atomic E-state index is 0.783. The largest absolute Gasteiger partial charge is 0.456 e. The molecule has 1 aliphatic heterocycles. The van der Waals surface area contributed by atoms with Gasteiger partial charge in [0.05, 0.1) is 11.0 Å². The highest BCUT2D eigenvalue weighted by Gasteiger charge is 2.19. The molecule has 0 atom stereocenters. The van der Waals surface area contributed by atoms with Crippen LogP contribution in [0.5, 0.6) is 0 Å². The van der Waals surface area contributed by atoms with Gasteiger partial charge in [-0.05, 0) is 85.8 Å². The summed E-state index contributed by atoms with van der Waals surface area (Å²) in [4.78, 5) is 5.92. The average molecular weight is 527 g/mol. The molecule has 192 valence electrons. The normalized spacial score (nSPS) is 11.9. The zero-order valence-electron chi connectivity index (χ0n) is 22.5. The second-order valence-electron chi connectivity index (χ2n) is 10.1. The molecule has 1 N–H and O–H groups in total. The molecule has 0 amide bonds. The van der Waals surface area contributed by atoms with Crippen LogP contribution in [0.25, 0.3) is 33.4 Å². The number of thiol groups is 1. The third-order valence-corrected chi connectivity index (χ3v) is 7.70. The van der Waals surface area contributed by atoms with Crippen LogP contribution < -0.4 is 10.7 Å². The van der Waals surface area contributed by atoms with E-state index in [-0.39, 0.29) is 0 Å². The Labute approximate surface area is 234 Å². The minimum absolute atomic E-state index is 0.783. The maximum absolute atomic E-state index is 6.60. The van der Waals surface area contributed by atoms with Crippen LogP contribution in [0, 0.1) is 27.7 Å². The van der Waals surface area contributed by atoms with Crippen molar-refractivity contribution in [1.82, 2.24) is 0 Å². The van der Waals surface area contributed by atoms with E-state index in [1.54, 1.807) is 0 Å². The van der Waals surface area contributed by atoms with E-state index in [2.05, 4.69) is 112 Å². The number of hydrogen-bond donors (Lipinski definition) is 2. The summed E-state index contributed by atoms with van der Waals surface area (Å²) in [5.74, 6) is 0.783. The molecule has 39 heavy (non-hydrogen) atoms. The predicted molar refractivity (Wildman–Crippen MR) is 166 cm³/mol. The lowest BCUT2D eigenvalue weighted by atomic mass is 9.93. The zero-order valence-corrected chi connectivity index (χ0v) is 23.4. The van der Waals surface area contributed by atoms with Crippen LogP contribution in [0.2, 0.25) is 0 Å². The van der Waals surface area contributed by atoms with E-state index in [0.29, 0.717) is 0 Å². The fourth-order valence-electron chi connectivity index (χ4n) is 5.27. The van der Waals surface area contributed by atoms with Crippen LogP contribution in [0.3, 0.4) is 0 Å². The van der Waals surface area contributed by atoms with E-state index in [4.69, 9.17) is 22.0 Å². The van der Waals surface area contributed by atoms with Crippen LogP contribution in [0.1, 0.15) is 22.3 Å². The monoisotopic (exact) mass is 526 g/mol. The number of para-hydroxylation sites is 2. The van der Waals surface area contributed by atoms with Gasteiger partial charge in [0.25, 0.3) is 0 Å². The average Bonchev–Trinajstić information content (AvgIpc) is 2.92. The maximum Gasteiger partial charge on any atom is 0.137 e. The van der Waals surface area contributed by atoms with Crippen molar-refractivity contribution < 1.29 is 4.42 Å². The first-order chi connectivity index (χ1) is 18.9. The summed E-state index contributed by atoms with van der Waals surface area (Å²) in [5.41, 5.74) is 11.8. The second kappa shape index (κ2) is 10.1. The number of rotatable bonds is 4. The molecule has 6 rings (SSSR count). The summed E-state index contributed by atoms with van der Waals surface area (Å²) in [5, 5.41) is 5.51. The van der Waals surface area contributed by atoms with Crippen LogP contribution in [0.15, 0.2) is 111 Å². The smallest absolute Gasteiger partial charge is 0.137 e. The molecule has 2 aliphatic rings. The molecular weight excluding hydrogens is 496 g/mol. The van der Waals surface area contributed by atoms with Crippen LogP contribution in [0.4, 0.5) is 17.1 Å². The molecule has 0 spiro atoms. The summed E-state index contributed by atoms with van der Waals surface area (Å²) in [6.45, 7) is 8.43. The zero-order chi connectivity index (χ0) is 27.1. The SMILES string of the molecule is Cc1cccc(C)c1N=c1ccc2c(-c3ccccc3S)c3ccc(Nc4c(C)cccc4C)cc3oc-2c1. The van der Waals surface area contributed by atoms with Crippen LogP contribution >= 0.6 is 12.6 Å². The van der Waals surface area contributed by atoms with Gasteiger partial charge in [-0.25, -0.2) is 4.99 Å². The third-order valence-electron chi connectivity index (χ3n) is 7.31. The second-order valence-corrected chi connectivity index (χ2v) is 10.6.